The molecule has 6 nitrogen and oxygen atoms in total. The maximum absolute atomic E-state index is 12.2. The van der Waals surface area contributed by atoms with Crippen LogP contribution in [0.5, 0.6) is 5.75 Å². The molecule has 0 spiro atoms. The molecule has 0 aliphatic rings. The van der Waals surface area contributed by atoms with Crippen molar-refractivity contribution < 1.29 is 9.53 Å². The third kappa shape index (κ3) is 2.18. The molecule has 1 amide bonds. The number of methoxy groups -OCH3 is 1. The summed E-state index contributed by atoms with van der Waals surface area (Å²) in [6.07, 6.45) is 3.23. The van der Waals surface area contributed by atoms with E-state index in [0.717, 1.165) is 0 Å². The van der Waals surface area contributed by atoms with Gasteiger partial charge in [-0.2, -0.15) is 0 Å². The van der Waals surface area contributed by atoms with Crippen LogP contribution in [0.1, 0.15) is 10.4 Å². The molecule has 0 bridgehead atoms. The topological polar surface area (TPSA) is 68.5 Å². The molecule has 0 saturated carbocycles. The van der Waals surface area contributed by atoms with Crippen molar-refractivity contribution in [1.82, 2.24) is 14.6 Å². The number of para-hydroxylation sites is 2. The second kappa shape index (κ2) is 5.00. The van der Waals surface area contributed by atoms with Crippen LogP contribution >= 0.6 is 0 Å². The molecule has 0 unspecified atom stereocenters. The van der Waals surface area contributed by atoms with Crippen molar-refractivity contribution >= 4 is 17.2 Å². The number of pyridine rings is 1. The summed E-state index contributed by atoms with van der Waals surface area (Å²) in [5, 5.41) is 10.5. The van der Waals surface area contributed by atoms with Gasteiger partial charge in [-0.15, -0.1) is 10.2 Å². The van der Waals surface area contributed by atoms with Gasteiger partial charge in [0.1, 0.15) is 12.1 Å². The molecule has 3 rings (SSSR count). The van der Waals surface area contributed by atoms with E-state index in [1.807, 2.05) is 12.1 Å². The van der Waals surface area contributed by atoms with Gasteiger partial charge >= 0.3 is 0 Å². The smallest absolute Gasteiger partial charge is 0.257 e. The largest absolute Gasteiger partial charge is 0.495 e. The number of carbonyl (C=O) groups is 1. The van der Waals surface area contributed by atoms with E-state index in [0.29, 0.717) is 22.6 Å². The number of hydrogen-bond donors (Lipinski definition) is 1. The predicted octanol–water partition coefficient (Wildman–Crippen LogP) is 1.99. The van der Waals surface area contributed by atoms with E-state index < -0.39 is 0 Å². The van der Waals surface area contributed by atoms with Gasteiger partial charge in [-0.05, 0) is 24.3 Å². The highest BCUT2D eigenvalue weighted by molar-refractivity contribution is 6.05. The zero-order valence-electron chi connectivity index (χ0n) is 10.8. The van der Waals surface area contributed by atoms with Crippen LogP contribution in [-0.4, -0.2) is 27.6 Å². The Kier molecular flexibility index (Phi) is 3.04. The van der Waals surface area contributed by atoms with E-state index in [-0.39, 0.29) is 5.91 Å². The lowest BCUT2D eigenvalue weighted by molar-refractivity contribution is 0.102. The van der Waals surface area contributed by atoms with Gasteiger partial charge in [0.25, 0.3) is 5.91 Å². The summed E-state index contributed by atoms with van der Waals surface area (Å²) in [6.45, 7) is 0. The van der Waals surface area contributed by atoms with Crippen molar-refractivity contribution in [2.75, 3.05) is 12.4 Å². The standard InChI is InChI=1S/C14H12N4O2/c1-20-12-5-3-2-4-11(12)16-14(19)10-6-7-13-17-15-9-18(13)8-10/h2-9H,1H3,(H,16,19). The summed E-state index contributed by atoms with van der Waals surface area (Å²) >= 11 is 0. The van der Waals surface area contributed by atoms with Crippen molar-refractivity contribution in [3.63, 3.8) is 0 Å². The molecular weight excluding hydrogens is 256 g/mol. The van der Waals surface area contributed by atoms with Gasteiger partial charge in [0.2, 0.25) is 0 Å². The van der Waals surface area contributed by atoms with Crippen LogP contribution in [0.4, 0.5) is 5.69 Å². The molecule has 1 N–H and O–H groups in total. The fourth-order valence-electron chi connectivity index (χ4n) is 1.90. The van der Waals surface area contributed by atoms with E-state index in [1.165, 1.54) is 0 Å². The highest BCUT2D eigenvalue weighted by atomic mass is 16.5. The number of aromatic nitrogens is 3. The molecule has 0 fully saturated rings. The third-order valence-electron chi connectivity index (χ3n) is 2.91. The maximum atomic E-state index is 12.2. The van der Waals surface area contributed by atoms with Crippen LogP contribution in [-0.2, 0) is 0 Å². The van der Waals surface area contributed by atoms with Gasteiger partial charge in [0.05, 0.1) is 18.4 Å². The van der Waals surface area contributed by atoms with Crippen LogP contribution in [0.2, 0.25) is 0 Å². The third-order valence-corrected chi connectivity index (χ3v) is 2.91. The summed E-state index contributed by atoms with van der Waals surface area (Å²) < 4.78 is 6.89. The van der Waals surface area contributed by atoms with Crippen molar-refractivity contribution in [3.05, 3.63) is 54.5 Å². The molecule has 2 heterocycles. The van der Waals surface area contributed by atoms with Crippen LogP contribution in [0.25, 0.3) is 5.65 Å². The number of rotatable bonds is 3. The van der Waals surface area contributed by atoms with Crippen LogP contribution in [0.3, 0.4) is 0 Å². The molecule has 1 aromatic carbocycles. The Morgan fingerprint density at radius 3 is 2.95 bits per heavy atom. The number of benzene rings is 1. The Hall–Kier alpha value is -2.89. The van der Waals surface area contributed by atoms with Gasteiger partial charge in [-0.1, -0.05) is 12.1 Å². The lowest BCUT2D eigenvalue weighted by Crippen LogP contribution is -2.13. The Bertz CT molecular complexity index is 766. The van der Waals surface area contributed by atoms with Gasteiger partial charge < -0.3 is 10.1 Å². The molecular formula is C14H12N4O2. The minimum Gasteiger partial charge on any atom is -0.495 e. The Labute approximate surface area is 115 Å². The second-order valence-corrected chi connectivity index (χ2v) is 4.17. The van der Waals surface area contributed by atoms with Crippen molar-refractivity contribution in [3.8, 4) is 5.75 Å². The van der Waals surface area contributed by atoms with E-state index >= 15 is 0 Å². The van der Waals surface area contributed by atoms with Gasteiger partial charge in [-0.25, -0.2) is 0 Å². The molecule has 0 saturated heterocycles. The normalized spacial score (nSPS) is 10.4. The highest BCUT2D eigenvalue weighted by Gasteiger charge is 2.10. The summed E-state index contributed by atoms with van der Waals surface area (Å²) in [5.41, 5.74) is 1.84. The number of anilines is 1. The maximum Gasteiger partial charge on any atom is 0.257 e. The molecule has 2 aromatic heterocycles. The Morgan fingerprint density at radius 2 is 2.10 bits per heavy atom. The SMILES string of the molecule is COc1ccccc1NC(=O)c1ccc2nncn2c1. The summed E-state index contributed by atoms with van der Waals surface area (Å²) in [7, 11) is 1.56. The van der Waals surface area contributed by atoms with Crippen molar-refractivity contribution in [1.29, 1.82) is 0 Å². The van der Waals surface area contributed by atoms with Gasteiger partial charge in [0.15, 0.2) is 5.65 Å². The van der Waals surface area contributed by atoms with Crippen LogP contribution in [0, 0.1) is 0 Å². The number of fused-ring (bicyclic) bond motifs is 1. The monoisotopic (exact) mass is 268 g/mol. The Morgan fingerprint density at radius 1 is 1.25 bits per heavy atom. The Balaban J connectivity index is 1.88. The average molecular weight is 268 g/mol. The molecule has 6 heteroatoms. The molecule has 0 aliphatic heterocycles. The molecule has 0 aliphatic carbocycles. The minimum absolute atomic E-state index is 0.217. The van der Waals surface area contributed by atoms with Gasteiger partial charge in [0, 0.05) is 6.20 Å². The number of nitrogens with one attached hydrogen (secondary N) is 1. The zero-order chi connectivity index (χ0) is 13.9. The molecule has 100 valence electrons. The molecule has 3 aromatic rings. The number of carbonyl (C=O) groups excluding carboxylic acids is 1. The average Bonchev–Trinajstić information content (AvgIpc) is 2.95. The molecule has 0 radical (unpaired) electrons. The van der Waals surface area contributed by atoms with E-state index in [4.69, 9.17) is 4.74 Å². The lowest BCUT2D eigenvalue weighted by atomic mass is 10.2. The number of hydrogen-bond acceptors (Lipinski definition) is 4. The van der Waals surface area contributed by atoms with Crippen LogP contribution in [0.15, 0.2) is 48.9 Å². The summed E-state index contributed by atoms with van der Waals surface area (Å²) in [5.74, 6) is 0.399. The molecule has 20 heavy (non-hydrogen) atoms. The second-order valence-electron chi connectivity index (χ2n) is 4.17. The first-order valence-corrected chi connectivity index (χ1v) is 6.02. The van der Waals surface area contributed by atoms with Crippen LogP contribution < -0.4 is 10.1 Å². The highest BCUT2D eigenvalue weighted by Crippen LogP contribution is 2.23. The quantitative estimate of drug-likeness (QED) is 0.788. The fourth-order valence-corrected chi connectivity index (χ4v) is 1.90. The van der Waals surface area contributed by atoms with Crippen molar-refractivity contribution in [2.45, 2.75) is 0 Å². The zero-order valence-corrected chi connectivity index (χ0v) is 10.8. The first-order valence-electron chi connectivity index (χ1n) is 6.02. The van der Waals surface area contributed by atoms with Gasteiger partial charge in [-0.3, -0.25) is 9.20 Å². The van der Waals surface area contributed by atoms with E-state index in [2.05, 4.69) is 15.5 Å². The number of amides is 1. The number of ether oxygens (including phenoxy) is 1. The van der Waals surface area contributed by atoms with Crippen molar-refractivity contribution in [2.24, 2.45) is 0 Å². The lowest BCUT2D eigenvalue weighted by Gasteiger charge is -2.09. The summed E-state index contributed by atoms with van der Waals surface area (Å²) in [4.78, 5) is 12.2. The first-order chi connectivity index (χ1) is 9.78. The van der Waals surface area contributed by atoms with E-state index in [9.17, 15) is 4.79 Å². The van der Waals surface area contributed by atoms with E-state index in [1.54, 1.807) is 48.3 Å². The summed E-state index contributed by atoms with van der Waals surface area (Å²) in [6, 6.07) is 10.7. The first kappa shape index (κ1) is 12.2. The minimum atomic E-state index is -0.217. The predicted molar refractivity (Wildman–Crippen MR) is 73.9 cm³/mol. The fraction of sp³-hybridized carbons (Fsp3) is 0.0714. The number of nitrogens with zero attached hydrogens (tertiary/aromatic N) is 3. The molecule has 0 atom stereocenters.